The van der Waals surface area contributed by atoms with Crippen LogP contribution in [0.5, 0.6) is 0 Å². The minimum atomic E-state index is -1.02. The molecule has 1 aromatic carbocycles. The number of hydrogen-bond donors (Lipinski definition) is 2. The number of aliphatic carboxylic acids is 1. The second-order valence-corrected chi connectivity index (χ2v) is 5.06. The topological polar surface area (TPSA) is 92.5 Å². The summed E-state index contributed by atoms with van der Waals surface area (Å²) in [7, 11) is 0. The van der Waals surface area contributed by atoms with Crippen molar-refractivity contribution in [1.29, 1.82) is 0 Å². The van der Waals surface area contributed by atoms with E-state index in [1.54, 1.807) is 19.1 Å². The first kappa shape index (κ1) is 14.8. The van der Waals surface area contributed by atoms with Gasteiger partial charge in [-0.3, -0.25) is 10.1 Å². The van der Waals surface area contributed by atoms with Gasteiger partial charge in [0.05, 0.1) is 10.5 Å². The molecule has 1 atom stereocenters. The molecule has 0 radical (unpaired) electrons. The molecule has 0 spiro atoms. The van der Waals surface area contributed by atoms with Crippen LogP contribution in [0.4, 0.5) is 5.69 Å². The number of rotatable bonds is 3. The average Bonchev–Trinajstić information content (AvgIpc) is 2.42. The van der Waals surface area contributed by atoms with Crippen LogP contribution in [0.2, 0.25) is 0 Å². The van der Waals surface area contributed by atoms with Gasteiger partial charge in [-0.05, 0) is 31.9 Å². The minimum Gasteiger partial charge on any atom is -0.478 e. The SMILES string of the molecule is CC1=C(C)C(c2cccc([N+](=O)[O-])c2)C(C(=O)O)=C(C)N1. The Balaban J connectivity index is 2.62. The highest BCUT2D eigenvalue weighted by Crippen LogP contribution is 2.38. The Labute approximate surface area is 121 Å². The molecule has 0 saturated carbocycles. The Bertz CT molecular complexity index is 689. The maximum absolute atomic E-state index is 11.6. The third-order valence-corrected chi connectivity index (χ3v) is 3.74. The summed E-state index contributed by atoms with van der Waals surface area (Å²) >= 11 is 0. The van der Waals surface area contributed by atoms with E-state index in [-0.39, 0.29) is 11.3 Å². The molecule has 6 nitrogen and oxygen atoms in total. The first-order valence-corrected chi connectivity index (χ1v) is 6.45. The Morgan fingerprint density at radius 1 is 1.29 bits per heavy atom. The Kier molecular flexibility index (Phi) is 3.80. The third kappa shape index (κ3) is 2.65. The number of carboxylic acid groups (broad SMARTS) is 1. The van der Waals surface area contributed by atoms with Crippen LogP contribution in [0.1, 0.15) is 32.3 Å². The first-order chi connectivity index (χ1) is 9.82. The van der Waals surface area contributed by atoms with Crippen molar-refractivity contribution in [3.63, 3.8) is 0 Å². The normalized spacial score (nSPS) is 18.5. The summed E-state index contributed by atoms with van der Waals surface area (Å²) in [4.78, 5) is 22.0. The quantitative estimate of drug-likeness (QED) is 0.659. The highest BCUT2D eigenvalue weighted by molar-refractivity contribution is 5.91. The molecule has 1 unspecified atom stereocenters. The molecule has 1 aliphatic heterocycles. The van der Waals surface area contributed by atoms with Crippen LogP contribution in [0.15, 0.2) is 46.8 Å². The van der Waals surface area contributed by atoms with Crippen LogP contribution >= 0.6 is 0 Å². The zero-order valence-corrected chi connectivity index (χ0v) is 12.0. The number of carboxylic acids is 1. The standard InChI is InChI=1S/C15H16N2O4/c1-8-9(2)16-10(3)14(15(18)19)13(8)11-5-4-6-12(7-11)17(20)21/h4-7,13,16H,1-3H3,(H,18,19). The van der Waals surface area contributed by atoms with Crippen LogP contribution in [0.25, 0.3) is 0 Å². The molecule has 6 heteroatoms. The van der Waals surface area contributed by atoms with Crippen LogP contribution in [0, 0.1) is 10.1 Å². The summed E-state index contributed by atoms with van der Waals surface area (Å²) in [5.74, 6) is -1.51. The Morgan fingerprint density at radius 2 is 1.95 bits per heavy atom. The van der Waals surface area contributed by atoms with Crippen molar-refractivity contribution >= 4 is 11.7 Å². The van der Waals surface area contributed by atoms with E-state index in [1.807, 2.05) is 13.8 Å². The fourth-order valence-corrected chi connectivity index (χ4v) is 2.62. The van der Waals surface area contributed by atoms with Crippen molar-refractivity contribution in [2.45, 2.75) is 26.7 Å². The number of nitro benzene ring substituents is 1. The number of hydrogen-bond acceptors (Lipinski definition) is 4. The number of non-ortho nitro benzene ring substituents is 1. The molecular weight excluding hydrogens is 272 g/mol. The van der Waals surface area contributed by atoms with Gasteiger partial charge >= 0.3 is 5.97 Å². The van der Waals surface area contributed by atoms with Crippen LogP contribution in [-0.4, -0.2) is 16.0 Å². The van der Waals surface area contributed by atoms with E-state index in [9.17, 15) is 20.0 Å². The van der Waals surface area contributed by atoms with Gasteiger partial charge < -0.3 is 10.4 Å². The second-order valence-electron chi connectivity index (χ2n) is 5.06. The highest BCUT2D eigenvalue weighted by Gasteiger charge is 2.31. The van der Waals surface area contributed by atoms with E-state index in [1.165, 1.54) is 12.1 Å². The van der Waals surface area contributed by atoms with Crippen molar-refractivity contribution in [3.05, 3.63) is 62.5 Å². The summed E-state index contributed by atoms with van der Waals surface area (Å²) in [5.41, 5.74) is 3.06. The van der Waals surface area contributed by atoms with Gasteiger partial charge in [0.2, 0.25) is 0 Å². The number of benzene rings is 1. The largest absolute Gasteiger partial charge is 0.478 e. The number of nitrogens with one attached hydrogen (secondary N) is 1. The number of allylic oxidation sites excluding steroid dienone is 3. The maximum Gasteiger partial charge on any atom is 0.334 e. The average molecular weight is 288 g/mol. The summed E-state index contributed by atoms with van der Waals surface area (Å²) in [6.07, 6.45) is 0. The van der Waals surface area contributed by atoms with E-state index in [2.05, 4.69) is 5.32 Å². The molecule has 0 amide bonds. The van der Waals surface area contributed by atoms with Gasteiger partial charge in [-0.15, -0.1) is 0 Å². The molecule has 2 N–H and O–H groups in total. The monoisotopic (exact) mass is 288 g/mol. The molecule has 0 bridgehead atoms. The zero-order valence-electron chi connectivity index (χ0n) is 12.0. The second kappa shape index (κ2) is 5.40. The Hall–Kier alpha value is -2.63. The van der Waals surface area contributed by atoms with Crippen molar-refractivity contribution in [2.24, 2.45) is 0 Å². The summed E-state index contributed by atoms with van der Waals surface area (Å²) in [6, 6.07) is 6.12. The minimum absolute atomic E-state index is 0.0427. The molecule has 1 aliphatic rings. The lowest BCUT2D eigenvalue weighted by atomic mass is 9.81. The predicted octanol–water partition coefficient (Wildman–Crippen LogP) is 2.93. The van der Waals surface area contributed by atoms with Crippen molar-refractivity contribution in [3.8, 4) is 0 Å². The third-order valence-electron chi connectivity index (χ3n) is 3.74. The lowest BCUT2D eigenvalue weighted by molar-refractivity contribution is -0.384. The lowest BCUT2D eigenvalue weighted by Crippen LogP contribution is -2.27. The highest BCUT2D eigenvalue weighted by atomic mass is 16.6. The zero-order chi connectivity index (χ0) is 15.7. The van der Waals surface area contributed by atoms with Crippen LogP contribution in [0.3, 0.4) is 0 Å². The van der Waals surface area contributed by atoms with Gasteiger partial charge in [0.25, 0.3) is 5.69 Å². The van der Waals surface area contributed by atoms with Gasteiger partial charge in [0, 0.05) is 29.4 Å². The molecule has 1 aromatic rings. The molecular formula is C15H16N2O4. The number of carbonyl (C=O) groups is 1. The van der Waals surface area contributed by atoms with Crippen molar-refractivity contribution < 1.29 is 14.8 Å². The lowest BCUT2D eigenvalue weighted by Gasteiger charge is -2.29. The van der Waals surface area contributed by atoms with Crippen LogP contribution in [-0.2, 0) is 4.79 Å². The molecule has 2 rings (SSSR count). The summed E-state index contributed by atoms with van der Waals surface area (Å²) < 4.78 is 0. The number of nitro groups is 1. The van der Waals surface area contributed by atoms with E-state index in [0.717, 1.165) is 11.3 Å². The van der Waals surface area contributed by atoms with Gasteiger partial charge in [-0.1, -0.05) is 12.1 Å². The molecule has 0 saturated heterocycles. The van der Waals surface area contributed by atoms with Crippen molar-refractivity contribution in [1.82, 2.24) is 5.32 Å². The fraction of sp³-hybridized carbons (Fsp3) is 0.267. The summed E-state index contributed by atoms with van der Waals surface area (Å²) in [6.45, 7) is 5.40. The number of dihydropyridines is 1. The molecule has 21 heavy (non-hydrogen) atoms. The maximum atomic E-state index is 11.6. The van der Waals surface area contributed by atoms with E-state index in [4.69, 9.17) is 0 Å². The van der Waals surface area contributed by atoms with Crippen LogP contribution < -0.4 is 5.32 Å². The van der Waals surface area contributed by atoms with Gasteiger partial charge in [-0.25, -0.2) is 4.79 Å². The molecule has 0 fully saturated rings. The molecule has 0 aromatic heterocycles. The van der Waals surface area contributed by atoms with Crippen molar-refractivity contribution in [2.75, 3.05) is 0 Å². The van der Waals surface area contributed by atoms with Gasteiger partial charge in [0.1, 0.15) is 0 Å². The van der Waals surface area contributed by atoms with E-state index < -0.39 is 16.8 Å². The molecule has 110 valence electrons. The fourth-order valence-electron chi connectivity index (χ4n) is 2.62. The predicted molar refractivity (Wildman–Crippen MR) is 77.7 cm³/mol. The first-order valence-electron chi connectivity index (χ1n) is 6.45. The summed E-state index contributed by atoms with van der Waals surface area (Å²) in [5, 5.41) is 23.4. The van der Waals surface area contributed by atoms with Gasteiger partial charge in [-0.2, -0.15) is 0 Å². The van der Waals surface area contributed by atoms with E-state index >= 15 is 0 Å². The van der Waals surface area contributed by atoms with Gasteiger partial charge in [0.15, 0.2) is 0 Å². The smallest absolute Gasteiger partial charge is 0.334 e. The molecule has 1 heterocycles. The van der Waals surface area contributed by atoms with E-state index in [0.29, 0.717) is 11.3 Å². The molecule has 0 aliphatic carbocycles. The Morgan fingerprint density at radius 3 is 2.52 bits per heavy atom. The number of nitrogens with zero attached hydrogens (tertiary/aromatic N) is 1.